The molecule has 8 nitrogen and oxygen atoms in total. The smallest absolute Gasteiger partial charge is 0.178 e. The van der Waals surface area contributed by atoms with E-state index in [9.17, 15) is 0 Å². The fourth-order valence-electron chi connectivity index (χ4n) is 4.48. The largest absolute Gasteiger partial charge is 0.355 e. The first-order chi connectivity index (χ1) is 13.8. The highest BCUT2D eigenvalue weighted by atomic mass is 15.4. The molecule has 2 fully saturated rings. The summed E-state index contributed by atoms with van der Waals surface area (Å²) in [7, 11) is 2.06. The maximum atomic E-state index is 4.88. The number of nitrogens with zero attached hydrogens (tertiary/aromatic N) is 8. The number of anilines is 1. The third-order valence-corrected chi connectivity index (χ3v) is 6.23. The van der Waals surface area contributed by atoms with Gasteiger partial charge in [0.05, 0.1) is 0 Å². The number of aryl methyl sites for hydroxylation is 1. The Morgan fingerprint density at radius 2 is 1.86 bits per heavy atom. The number of hydrogen-bond donors (Lipinski definition) is 0. The van der Waals surface area contributed by atoms with Gasteiger partial charge < -0.3 is 14.4 Å². The standard InChI is InChI=1S/C20H28N8/c1-25-15-9-21-17(25)8-14-26-12-6-16(7-13-26)20-23-22-18-4-5-19(24-28(18)20)27-10-2-3-11-27/h4-5,9,15-16H,2-3,6-8,10-14H2,1H3. The molecule has 28 heavy (non-hydrogen) atoms. The van der Waals surface area contributed by atoms with Crippen molar-refractivity contribution >= 4 is 11.5 Å². The van der Waals surface area contributed by atoms with Gasteiger partial charge in [0.2, 0.25) is 0 Å². The quantitative estimate of drug-likeness (QED) is 0.673. The monoisotopic (exact) mass is 380 g/mol. The maximum Gasteiger partial charge on any atom is 0.178 e. The van der Waals surface area contributed by atoms with Crippen LogP contribution in [0.25, 0.3) is 5.65 Å². The van der Waals surface area contributed by atoms with Crippen molar-refractivity contribution in [2.75, 3.05) is 37.6 Å². The average Bonchev–Trinajstić information content (AvgIpc) is 3.47. The van der Waals surface area contributed by atoms with E-state index in [0.717, 1.165) is 75.1 Å². The highest BCUT2D eigenvalue weighted by Crippen LogP contribution is 2.27. The maximum absolute atomic E-state index is 4.88. The van der Waals surface area contributed by atoms with Crippen molar-refractivity contribution < 1.29 is 0 Å². The number of hydrogen-bond acceptors (Lipinski definition) is 6. The predicted octanol–water partition coefficient (Wildman–Crippen LogP) is 1.88. The van der Waals surface area contributed by atoms with Gasteiger partial charge in [0, 0.05) is 51.4 Å². The van der Waals surface area contributed by atoms with Crippen LogP contribution in [0.1, 0.15) is 43.3 Å². The van der Waals surface area contributed by atoms with Crippen molar-refractivity contribution in [3.05, 3.63) is 36.2 Å². The van der Waals surface area contributed by atoms with Crippen LogP contribution < -0.4 is 4.90 Å². The number of likely N-dealkylation sites (tertiary alicyclic amines) is 1. The summed E-state index contributed by atoms with van der Waals surface area (Å²) in [4.78, 5) is 9.34. The van der Waals surface area contributed by atoms with Crippen LogP contribution in [0.3, 0.4) is 0 Å². The summed E-state index contributed by atoms with van der Waals surface area (Å²) >= 11 is 0. The van der Waals surface area contributed by atoms with Crippen LogP contribution in [0.15, 0.2) is 24.5 Å². The zero-order valence-corrected chi connectivity index (χ0v) is 16.5. The molecule has 0 aromatic carbocycles. The van der Waals surface area contributed by atoms with Crippen LogP contribution >= 0.6 is 0 Å². The van der Waals surface area contributed by atoms with E-state index in [0.29, 0.717) is 5.92 Å². The molecule has 0 aliphatic carbocycles. The van der Waals surface area contributed by atoms with E-state index in [1.165, 1.54) is 12.8 Å². The minimum atomic E-state index is 0.431. The lowest BCUT2D eigenvalue weighted by atomic mass is 9.96. The van der Waals surface area contributed by atoms with Crippen LogP contribution in [-0.4, -0.2) is 67.0 Å². The number of rotatable bonds is 5. The Bertz CT molecular complexity index is 931. The summed E-state index contributed by atoms with van der Waals surface area (Å²) in [6, 6.07) is 4.14. The first-order valence-corrected chi connectivity index (χ1v) is 10.4. The van der Waals surface area contributed by atoms with Gasteiger partial charge in [0.15, 0.2) is 11.5 Å². The fraction of sp³-hybridized carbons (Fsp3) is 0.600. The van der Waals surface area contributed by atoms with Crippen molar-refractivity contribution in [3.8, 4) is 0 Å². The zero-order valence-electron chi connectivity index (χ0n) is 16.5. The molecule has 8 heteroatoms. The van der Waals surface area contributed by atoms with Crippen LogP contribution in [0.5, 0.6) is 0 Å². The summed E-state index contributed by atoms with van der Waals surface area (Å²) in [5.41, 5.74) is 0.857. The van der Waals surface area contributed by atoms with Gasteiger partial charge in [-0.3, -0.25) is 0 Å². The molecule has 0 saturated carbocycles. The number of imidazole rings is 1. The molecule has 2 saturated heterocycles. The van der Waals surface area contributed by atoms with Gasteiger partial charge in [-0.05, 0) is 50.9 Å². The van der Waals surface area contributed by atoms with Crippen molar-refractivity contribution in [2.45, 2.75) is 38.0 Å². The molecule has 3 aromatic heterocycles. The highest BCUT2D eigenvalue weighted by molar-refractivity contribution is 5.46. The molecule has 0 unspecified atom stereocenters. The third-order valence-electron chi connectivity index (χ3n) is 6.23. The Labute approximate surface area is 165 Å². The molecular weight excluding hydrogens is 352 g/mol. The zero-order chi connectivity index (χ0) is 18.9. The molecule has 2 aliphatic heterocycles. The average molecular weight is 381 g/mol. The summed E-state index contributed by atoms with van der Waals surface area (Å²) < 4.78 is 4.10. The van der Waals surface area contributed by atoms with Crippen LogP contribution in [-0.2, 0) is 13.5 Å². The molecule has 5 rings (SSSR count). The van der Waals surface area contributed by atoms with E-state index in [2.05, 4.69) is 48.7 Å². The van der Waals surface area contributed by atoms with Crippen LogP contribution in [0.4, 0.5) is 5.82 Å². The van der Waals surface area contributed by atoms with Gasteiger partial charge in [0.25, 0.3) is 0 Å². The van der Waals surface area contributed by atoms with Gasteiger partial charge in [-0.1, -0.05) is 0 Å². The number of fused-ring (bicyclic) bond motifs is 1. The lowest BCUT2D eigenvalue weighted by molar-refractivity contribution is 0.209. The van der Waals surface area contributed by atoms with E-state index in [1.54, 1.807) is 0 Å². The van der Waals surface area contributed by atoms with Crippen molar-refractivity contribution in [2.24, 2.45) is 7.05 Å². The second-order valence-electron chi connectivity index (χ2n) is 8.03. The van der Waals surface area contributed by atoms with E-state index >= 15 is 0 Å². The lowest BCUT2D eigenvalue weighted by Gasteiger charge is -2.30. The minimum absolute atomic E-state index is 0.431. The summed E-state index contributed by atoms with van der Waals surface area (Å²) in [5.74, 6) is 3.67. The molecule has 0 amide bonds. The van der Waals surface area contributed by atoms with Gasteiger partial charge in [-0.2, -0.15) is 4.52 Å². The van der Waals surface area contributed by atoms with Gasteiger partial charge >= 0.3 is 0 Å². The molecule has 2 aliphatic rings. The fourth-order valence-corrected chi connectivity index (χ4v) is 4.48. The predicted molar refractivity (Wildman–Crippen MR) is 108 cm³/mol. The molecular formula is C20H28N8. The second-order valence-corrected chi connectivity index (χ2v) is 8.03. The van der Waals surface area contributed by atoms with Crippen molar-refractivity contribution in [1.82, 2.24) is 34.3 Å². The SMILES string of the molecule is Cn1ccnc1CCN1CCC(c2nnc3ccc(N4CCCC4)nn23)CC1. The third kappa shape index (κ3) is 3.37. The summed E-state index contributed by atoms with van der Waals surface area (Å²) in [5, 5.41) is 13.8. The molecule has 0 N–H and O–H groups in total. The Morgan fingerprint density at radius 1 is 1.04 bits per heavy atom. The number of piperidine rings is 1. The van der Waals surface area contributed by atoms with E-state index in [-0.39, 0.29) is 0 Å². The topological polar surface area (TPSA) is 67.4 Å². The first kappa shape index (κ1) is 17.6. The van der Waals surface area contributed by atoms with E-state index in [4.69, 9.17) is 5.10 Å². The Hall–Kier alpha value is -2.48. The number of aromatic nitrogens is 6. The van der Waals surface area contributed by atoms with E-state index < -0.39 is 0 Å². The minimum Gasteiger partial charge on any atom is -0.355 e. The molecule has 3 aromatic rings. The molecule has 0 atom stereocenters. The van der Waals surface area contributed by atoms with Crippen LogP contribution in [0, 0.1) is 0 Å². The second kappa shape index (κ2) is 7.50. The lowest BCUT2D eigenvalue weighted by Crippen LogP contribution is -2.35. The molecule has 0 spiro atoms. The van der Waals surface area contributed by atoms with Gasteiger partial charge in [-0.25, -0.2) is 4.98 Å². The molecule has 0 bridgehead atoms. The van der Waals surface area contributed by atoms with Gasteiger partial charge in [-0.15, -0.1) is 15.3 Å². The summed E-state index contributed by atoms with van der Waals surface area (Å²) in [6.07, 6.45) is 9.62. The normalized spacial score (nSPS) is 19.1. The Morgan fingerprint density at radius 3 is 2.61 bits per heavy atom. The molecule has 5 heterocycles. The molecule has 0 radical (unpaired) electrons. The molecule has 148 valence electrons. The van der Waals surface area contributed by atoms with Crippen molar-refractivity contribution in [1.29, 1.82) is 0 Å². The highest BCUT2D eigenvalue weighted by Gasteiger charge is 2.25. The van der Waals surface area contributed by atoms with Crippen molar-refractivity contribution in [3.63, 3.8) is 0 Å². The van der Waals surface area contributed by atoms with Gasteiger partial charge in [0.1, 0.15) is 11.6 Å². The van der Waals surface area contributed by atoms with Crippen LogP contribution in [0.2, 0.25) is 0 Å². The Kier molecular flexibility index (Phi) is 4.72. The van der Waals surface area contributed by atoms with E-state index in [1.807, 2.05) is 16.9 Å². The first-order valence-electron chi connectivity index (χ1n) is 10.4. The Balaban J connectivity index is 1.25. The summed E-state index contributed by atoms with van der Waals surface area (Å²) in [6.45, 7) is 5.45.